The molecule has 0 fully saturated rings. The molecule has 0 N–H and O–H groups in total. The number of rotatable bonds is 4. The van der Waals surface area contributed by atoms with Gasteiger partial charge >= 0.3 is 0 Å². The SMILES string of the molecule is Cc1ccccc1-n1c(C)nnc1SCc1ccc(F)cc1Br. The van der Waals surface area contributed by atoms with Gasteiger partial charge in [0.25, 0.3) is 0 Å². The van der Waals surface area contributed by atoms with E-state index in [0.29, 0.717) is 5.75 Å². The molecule has 0 amide bonds. The lowest BCUT2D eigenvalue weighted by molar-refractivity contribution is 0.626. The Morgan fingerprint density at radius 2 is 1.91 bits per heavy atom. The first kappa shape index (κ1) is 16.2. The van der Waals surface area contributed by atoms with E-state index < -0.39 is 0 Å². The van der Waals surface area contributed by atoms with Gasteiger partial charge in [0.15, 0.2) is 5.16 Å². The van der Waals surface area contributed by atoms with Crippen LogP contribution in [0.4, 0.5) is 4.39 Å². The van der Waals surface area contributed by atoms with Crippen LogP contribution in [0.1, 0.15) is 17.0 Å². The number of halogens is 2. The van der Waals surface area contributed by atoms with E-state index >= 15 is 0 Å². The van der Waals surface area contributed by atoms with Crippen molar-refractivity contribution >= 4 is 27.7 Å². The molecule has 0 atom stereocenters. The van der Waals surface area contributed by atoms with Gasteiger partial charge in [-0.25, -0.2) is 4.39 Å². The molecule has 1 aromatic heterocycles. The average Bonchev–Trinajstić information content (AvgIpc) is 2.88. The highest BCUT2D eigenvalue weighted by atomic mass is 79.9. The van der Waals surface area contributed by atoms with Crippen LogP contribution in [0.2, 0.25) is 0 Å². The summed E-state index contributed by atoms with van der Waals surface area (Å²) in [7, 11) is 0. The molecule has 0 aliphatic carbocycles. The minimum atomic E-state index is -0.246. The summed E-state index contributed by atoms with van der Waals surface area (Å²) in [6.07, 6.45) is 0. The smallest absolute Gasteiger partial charge is 0.196 e. The molecule has 3 aromatic rings. The van der Waals surface area contributed by atoms with Crippen LogP contribution >= 0.6 is 27.7 Å². The molecule has 0 unspecified atom stereocenters. The van der Waals surface area contributed by atoms with E-state index in [2.05, 4.69) is 49.8 Å². The molecule has 0 radical (unpaired) electrons. The van der Waals surface area contributed by atoms with Crippen molar-refractivity contribution < 1.29 is 4.39 Å². The Balaban J connectivity index is 1.89. The third kappa shape index (κ3) is 3.48. The van der Waals surface area contributed by atoms with Gasteiger partial charge in [-0.1, -0.05) is 52.0 Å². The van der Waals surface area contributed by atoms with E-state index in [1.807, 2.05) is 19.1 Å². The molecule has 0 aliphatic heterocycles. The predicted molar refractivity (Wildman–Crippen MR) is 94.5 cm³/mol. The highest BCUT2D eigenvalue weighted by Crippen LogP contribution is 2.29. The van der Waals surface area contributed by atoms with Crippen molar-refractivity contribution in [3.05, 3.63) is 69.7 Å². The van der Waals surface area contributed by atoms with E-state index in [4.69, 9.17) is 0 Å². The Kier molecular flexibility index (Phi) is 4.82. The van der Waals surface area contributed by atoms with E-state index in [1.165, 1.54) is 17.7 Å². The maximum Gasteiger partial charge on any atom is 0.196 e. The van der Waals surface area contributed by atoms with E-state index in [1.54, 1.807) is 17.8 Å². The summed E-state index contributed by atoms with van der Waals surface area (Å²) in [6, 6.07) is 12.9. The van der Waals surface area contributed by atoms with Crippen LogP contribution in [-0.2, 0) is 5.75 Å². The Bertz CT molecular complexity index is 848. The third-order valence-corrected chi connectivity index (χ3v) is 5.24. The summed E-state index contributed by atoms with van der Waals surface area (Å²) >= 11 is 4.99. The molecular weight excluding hydrogens is 377 g/mol. The summed E-state index contributed by atoms with van der Waals surface area (Å²) in [5, 5.41) is 9.31. The summed E-state index contributed by atoms with van der Waals surface area (Å²) in [5.74, 6) is 1.29. The molecule has 3 rings (SSSR count). The van der Waals surface area contributed by atoms with Crippen LogP contribution < -0.4 is 0 Å². The molecule has 2 aromatic carbocycles. The fourth-order valence-corrected chi connectivity index (χ4v) is 3.98. The van der Waals surface area contributed by atoms with Crippen LogP contribution in [0.15, 0.2) is 52.1 Å². The number of thioether (sulfide) groups is 1. The number of nitrogens with zero attached hydrogens (tertiary/aromatic N) is 3. The largest absolute Gasteiger partial charge is 0.274 e. The predicted octanol–water partition coefficient (Wildman–Crippen LogP) is 5.08. The minimum absolute atomic E-state index is 0.246. The number of aryl methyl sites for hydroxylation is 2. The Labute approximate surface area is 147 Å². The quantitative estimate of drug-likeness (QED) is 0.581. The van der Waals surface area contributed by atoms with E-state index in [0.717, 1.165) is 26.7 Å². The van der Waals surface area contributed by atoms with Crippen LogP contribution in [0.25, 0.3) is 5.69 Å². The number of aromatic nitrogens is 3. The molecule has 1 heterocycles. The zero-order chi connectivity index (χ0) is 16.4. The summed E-state index contributed by atoms with van der Waals surface area (Å²) < 4.78 is 16.0. The summed E-state index contributed by atoms with van der Waals surface area (Å²) in [5.41, 5.74) is 3.27. The van der Waals surface area contributed by atoms with Crippen LogP contribution in [0.5, 0.6) is 0 Å². The molecule has 0 bridgehead atoms. The highest BCUT2D eigenvalue weighted by Gasteiger charge is 2.13. The van der Waals surface area contributed by atoms with Gasteiger partial charge in [-0.2, -0.15) is 0 Å². The second kappa shape index (κ2) is 6.84. The van der Waals surface area contributed by atoms with Crippen molar-refractivity contribution in [2.45, 2.75) is 24.8 Å². The van der Waals surface area contributed by atoms with Gasteiger partial charge in [-0.05, 0) is 43.2 Å². The van der Waals surface area contributed by atoms with Gasteiger partial charge < -0.3 is 0 Å². The molecule has 0 aliphatic rings. The molecule has 3 nitrogen and oxygen atoms in total. The molecule has 6 heteroatoms. The first-order chi connectivity index (χ1) is 11.1. The van der Waals surface area contributed by atoms with Crippen molar-refractivity contribution in [1.82, 2.24) is 14.8 Å². The number of hydrogen-bond donors (Lipinski definition) is 0. The molecule has 23 heavy (non-hydrogen) atoms. The molecule has 118 valence electrons. The van der Waals surface area contributed by atoms with Gasteiger partial charge in [-0.15, -0.1) is 10.2 Å². The first-order valence-corrected chi connectivity index (χ1v) is 8.89. The van der Waals surface area contributed by atoms with Gasteiger partial charge in [0.2, 0.25) is 0 Å². The topological polar surface area (TPSA) is 30.7 Å². The zero-order valence-electron chi connectivity index (χ0n) is 12.8. The van der Waals surface area contributed by atoms with Gasteiger partial charge in [0, 0.05) is 10.2 Å². The molecule has 0 saturated carbocycles. The third-order valence-electron chi connectivity index (χ3n) is 3.52. The van der Waals surface area contributed by atoms with Crippen LogP contribution in [0.3, 0.4) is 0 Å². The fourth-order valence-electron chi connectivity index (χ4n) is 2.31. The lowest BCUT2D eigenvalue weighted by Gasteiger charge is -2.11. The maximum atomic E-state index is 13.2. The Hall–Kier alpha value is -1.66. The first-order valence-electron chi connectivity index (χ1n) is 7.11. The number of hydrogen-bond acceptors (Lipinski definition) is 3. The van der Waals surface area contributed by atoms with Crippen molar-refractivity contribution in [1.29, 1.82) is 0 Å². The van der Waals surface area contributed by atoms with E-state index in [9.17, 15) is 4.39 Å². The normalized spacial score (nSPS) is 11.0. The van der Waals surface area contributed by atoms with Crippen LogP contribution in [0, 0.1) is 19.7 Å². The average molecular weight is 392 g/mol. The summed E-state index contributed by atoms with van der Waals surface area (Å²) in [4.78, 5) is 0. The Morgan fingerprint density at radius 1 is 1.13 bits per heavy atom. The van der Waals surface area contributed by atoms with Gasteiger partial charge in [0.05, 0.1) is 5.69 Å². The van der Waals surface area contributed by atoms with Crippen molar-refractivity contribution in [2.24, 2.45) is 0 Å². The second-order valence-electron chi connectivity index (χ2n) is 5.18. The Morgan fingerprint density at radius 3 is 2.65 bits per heavy atom. The van der Waals surface area contributed by atoms with Crippen molar-refractivity contribution in [2.75, 3.05) is 0 Å². The van der Waals surface area contributed by atoms with Crippen molar-refractivity contribution in [3.63, 3.8) is 0 Å². The van der Waals surface area contributed by atoms with E-state index in [-0.39, 0.29) is 5.82 Å². The molecule has 0 saturated heterocycles. The fraction of sp³-hybridized carbons (Fsp3) is 0.176. The maximum absolute atomic E-state index is 13.2. The summed E-state index contributed by atoms with van der Waals surface area (Å²) in [6.45, 7) is 4.01. The molecule has 0 spiro atoms. The monoisotopic (exact) mass is 391 g/mol. The lowest BCUT2D eigenvalue weighted by atomic mass is 10.2. The highest BCUT2D eigenvalue weighted by molar-refractivity contribution is 9.10. The lowest BCUT2D eigenvalue weighted by Crippen LogP contribution is -2.01. The zero-order valence-corrected chi connectivity index (χ0v) is 15.2. The van der Waals surface area contributed by atoms with Crippen LogP contribution in [-0.4, -0.2) is 14.8 Å². The standard InChI is InChI=1S/C17H15BrFN3S/c1-11-5-3-4-6-16(11)22-12(2)20-21-17(22)23-10-13-7-8-14(19)9-15(13)18/h3-9H,10H2,1-2H3. The van der Waals surface area contributed by atoms with Crippen molar-refractivity contribution in [3.8, 4) is 5.69 Å². The van der Waals surface area contributed by atoms with Gasteiger partial charge in [0.1, 0.15) is 11.6 Å². The molecular formula is C17H15BrFN3S. The minimum Gasteiger partial charge on any atom is -0.274 e. The van der Waals surface area contributed by atoms with Gasteiger partial charge in [-0.3, -0.25) is 4.57 Å². The number of benzene rings is 2. The number of para-hydroxylation sites is 1. The second-order valence-corrected chi connectivity index (χ2v) is 6.97.